The molecule has 2 fully saturated rings. The van der Waals surface area contributed by atoms with Gasteiger partial charge in [-0.3, -0.25) is 14.9 Å². The van der Waals surface area contributed by atoms with E-state index in [1.54, 1.807) is 30.3 Å². The predicted octanol–water partition coefficient (Wildman–Crippen LogP) is 3.27. The van der Waals surface area contributed by atoms with Crippen molar-refractivity contribution < 1.29 is 23.5 Å². The number of amides is 2. The molecule has 166 valence electrons. The molecule has 2 saturated heterocycles. The SMILES string of the molecule is COc1ccc(N2C(=O)/C(=C/c3ccc(N4CCCC4)cc3F)C(=O)NC2=S)c(OC)c1. The Bertz CT molecular complexity index is 1130. The minimum absolute atomic E-state index is 0.0922. The highest BCUT2D eigenvalue weighted by Gasteiger charge is 2.36. The third-order valence-corrected chi connectivity index (χ3v) is 5.77. The van der Waals surface area contributed by atoms with Crippen LogP contribution in [0.4, 0.5) is 15.8 Å². The monoisotopic (exact) mass is 455 g/mol. The Morgan fingerprint density at radius 2 is 1.81 bits per heavy atom. The van der Waals surface area contributed by atoms with Crippen molar-refractivity contribution in [1.29, 1.82) is 0 Å². The molecule has 0 aliphatic carbocycles. The van der Waals surface area contributed by atoms with Crippen molar-refractivity contribution in [3.05, 3.63) is 53.4 Å². The molecule has 0 spiro atoms. The molecule has 2 amide bonds. The maximum absolute atomic E-state index is 14.8. The summed E-state index contributed by atoms with van der Waals surface area (Å²) in [4.78, 5) is 29.1. The zero-order valence-corrected chi connectivity index (χ0v) is 18.5. The number of benzene rings is 2. The number of hydrogen-bond donors (Lipinski definition) is 1. The molecule has 0 aromatic heterocycles. The van der Waals surface area contributed by atoms with Gasteiger partial charge in [-0.2, -0.15) is 0 Å². The Morgan fingerprint density at radius 3 is 2.47 bits per heavy atom. The first-order chi connectivity index (χ1) is 15.4. The van der Waals surface area contributed by atoms with Gasteiger partial charge in [0.2, 0.25) is 0 Å². The van der Waals surface area contributed by atoms with E-state index in [0.717, 1.165) is 36.5 Å². The smallest absolute Gasteiger partial charge is 0.270 e. The van der Waals surface area contributed by atoms with E-state index in [0.29, 0.717) is 17.2 Å². The second-order valence-corrected chi connectivity index (χ2v) is 7.78. The van der Waals surface area contributed by atoms with Gasteiger partial charge in [-0.1, -0.05) is 0 Å². The third-order valence-electron chi connectivity index (χ3n) is 5.48. The van der Waals surface area contributed by atoms with E-state index >= 15 is 0 Å². The highest BCUT2D eigenvalue weighted by Crippen LogP contribution is 2.34. The summed E-state index contributed by atoms with van der Waals surface area (Å²) in [6.07, 6.45) is 3.39. The number of hydrogen-bond acceptors (Lipinski definition) is 6. The minimum atomic E-state index is -0.688. The summed E-state index contributed by atoms with van der Waals surface area (Å²) >= 11 is 5.23. The molecule has 0 saturated carbocycles. The maximum atomic E-state index is 14.8. The van der Waals surface area contributed by atoms with Crippen molar-refractivity contribution in [2.75, 3.05) is 37.1 Å². The van der Waals surface area contributed by atoms with Crippen molar-refractivity contribution in [2.45, 2.75) is 12.8 Å². The summed E-state index contributed by atoms with van der Waals surface area (Å²) in [6, 6.07) is 9.63. The van der Waals surface area contributed by atoms with Crippen LogP contribution in [0.25, 0.3) is 6.08 Å². The van der Waals surface area contributed by atoms with Gasteiger partial charge in [0.05, 0.1) is 19.9 Å². The highest BCUT2D eigenvalue weighted by molar-refractivity contribution is 7.80. The molecule has 32 heavy (non-hydrogen) atoms. The molecule has 1 N–H and O–H groups in total. The average Bonchev–Trinajstić information content (AvgIpc) is 3.32. The minimum Gasteiger partial charge on any atom is -0.497 e. The summed E-state index contributed by atoms with van der Waals surface area (Å²) in [5, 5.41) is 2.40. The van der Waals surface area contributed by atoms with Crippen LogP contribution in [0, 0.1) is 5.82 Å². The number of carbonyl (C=O) groups excluding carboxylic acids is 2. The van der Waals surface area contributed by atoms with E-state index in [2.05, 4.69) is 10.2 Å². The van der Waals surface area contributed by atoms with Crippen molar-refractivity contribution in [3.63, 3.8) is 0 Å². The molecule has 4 rings (SSSR count). The number of rotatable bonds is 5. The fourth-order valence-corrected chi connectivity index (χ4v) is 4.08. The molecule has 0 unspecified atom stereocenters. The molecule has 2 aliphatic rings. The first kappa shape index (κ1) is 21.8. The van der Waals surface area contributed by atoms with Crippen LogP contribution in [-0.4, -0.2) is 44.2 Å². The lowest BCUT2D eigenvalue weighted by atomic mass is 10.1. The number of carbonyl (C=O) groups is 2. The number of nitrogens with zero attached hydrogens (tertiary/aromatic N) is 2. The van der Waals surface area contributed by atoms with Crippen molar-refractivity contribution in [3.8, 4) is 11.5 Å². The predicted molar refractivity (Wildman–Crippen MR) is 124 cm³/mol. The Hall–Kier alpha value is -3.46. The van der Waals surface area contributed by atoms with Crippen LogP contribution in [0.1, 0.15) is 18.4 Å². The van der Waals surface area contributed by atoms with Gasteiger partial charge in [0, 0.05) is 30.4 Å². The Labute approximate surface area is 190 Å². The van der Waals surface area contributed by atoms with Gasteiger partial charge in [0.15, 0.2) is 5.11 Å². The lowest BCUT2D eigenvalue weighted by Crippen LogP contribution is -2.54. The number of thiocarbonyl (C=S) groups is 1. The number of nitrogens with one attached hydrogen (secondary N) is 1. The number of ether oxygens (including phenoxy) is 2. The third kappa shape index (κ3) is 4.03. The van der Waals surface area contributed by atoms with E-state index < -0.39 is 17.6 Å². The Balaban J connectivity index is 1.69. The first-order valence-electron chi connectivity index (χ1n) is 10.1. The van der Waals surface area contributed by atoms with Crippen LogP contribution in [0.15, 0.2) is 42.0 Å². The lowest BCUT2D eigenvalue weighted by molar-refractivity contribution is -0.122. The maximum Gasteiger partial charge on any atom is 0.270 e. The van der Waals surface area contributed by atoms with Gasteiger partial charge in [-0.25, -0.2) is 9.29 Å². The zero-order chi connectivity index (χ0) is 22.8. The number of anilines is 2. The molecule has 2 aromatic carbocycles. The van der Waals surface area contributed by atoms with E-state index in [1.807, 2.05) is 0 Å². The van der Waals surface area contributed by atoms with Crippen LogP contribution in [0.5, 0.6) is 11.5 Å². The fraction of sp³-hybridized carbons (Fsp3) is 0.261. The van der Waals surface area contributed by atoms with E-state index in [-0.39, 0.29) is 16.2 Å². The molecule has 2 heterocycles. The summed E-state index contributed by atoms with van der Waals surface area (Å²) in [5.74, 6) is -1.01. The summed E-state index contributed by atoms with van der Waals surface area (Å²) in [7, 11) is 2.96. The average molecular weight is 456 g/mol. The molecule has 0 atom stereocenters. The van der Waals surface area contributed by atoms with Gasteiger partial charge in [-0.05, 0) is 61.5 Å². The largest absolute Gasteiger partial charge is 0.497 e. The Kier molecular flexibility index (Phi) is 6.09. The van der Waals surface area contributed by atoms with Gasteiger partial charge in [0.1, 0.15) is 22.9 Å². The van der Waals surface area contributed by atoms with Crippen LogP contribution < -0.4 is 24.6 Å². The van der Waals surface area contributed by atoms with E-state index in [1.165, 1.54) is 26.4 Å². The van der Waals surface area contributed by atoms with E-state index in [9.17, 15) is 14.0 Å². The molecule has 0 bridgehead atoms. The second-order valence-electron chi connectivity index (χ2n) is 7.40. The van der Waals surface area contributed by atoms with Crippen LogP contribution in [-0.2, 0) is 9.59 Å². The van der Waals surface area contributed by atoms with E-state index in [4.69, 9.17) is 21.7 Å². The summed E-state index contributed by atoms with van der Waals surface area (Å²) in [6.45, 7) is 1.77. The summed E-state index contributed by atoms with van der Waals surface area (Å²) < 4.78 is 25.4. The van der Waals surface area contributed by atoms with Crippen molar-refractivity contribution >= 4 is 46.6 Å². The molecular formula is C23H22FN3O4S. The second kappa shape index (κ2) is 8.96. The normalized spacial score (nSPS) is 17.7. The molecular weight excluding hydrogens is 433 g/mol. The molecule has 2 aliphatic heterocycles. The van der Waals surface area contributed by atoms with Crippen LogP contribution >= 0.6 is 12.2 Å². The quantitative estimate of drug-likeness (QED) is 0.424. The Morgan fingerprint density at radius 1 is 1.06 bits per heavy atom. The zero-order valence-electron chi connectivity index (χ0n) is 17.7. The van der Waals surface area contributed by atoms with Crippen LogP contribution in [0.2, 0.25) is 0 Å². The van der Waals surface area contributed by atoms with Gasteiger partial charge < -0.3 is 14.4 Å². The standard InChI is InChI=1S/C23H22FN3O4S/c1-30-16-7-8-19(20(13-16)31-2)27-22(29)17(21(28)25-23(27)32)11-14-5-6-15(12-18(14)24)26-9-3-4-10-26/h5-8,11-13H,3-4,9-10H2,1-2H3,(H,25,28,32)/b17-11+. The molecule has 2 aromatic rings. The molecule has 7 nitrogen and oxygen atoms in total. The fourth-order valence-electron chi connectivity index (χ4n) is 3.81. The highest BCUT2D eigenvalue weighted by atomic mass is 32.1. The lowest BCUT2D eigenvalue weighted by Gasteiger charge is -2.30. The molecule has 0 radical (unpaired) electrons. The van der Waals surface area contributed by atoms with Gasteiger partial charge in [-0.15, -0.1) is 0 Å². The number of methoxy groups -OCH3 is 2. The molecule has 9 heteroatoms. The number of halogens is 1. The van der Waals surface area contributed by atoms with Gasteiger partial charge in [0.25, 0.3) is 11.8 Å². The first-order valence-corrected chi connectivity index (χ1v) is 10.5. The van der Waals surface area contributed by atoms with Gasteiger partial charge >= 0.3 is 0 Å². The summed E-state index contributed by atoms with van der Waals surface area (Å²) in [5.41, 5.74) is 1.02. The van der Waals surface area contributed by atoms with Crippen molar-refractivity contribution in [2.24, 2.45) is 0 Å². The van der Waals surface area contributed by atoms with Crippen molar-refractivity contribution in [1.82, 2.24) is 5.32 Å². The topological polar surface area (TPSA) is 71.1 Å². The van der Waals surface area contributed by atoms with Crippen LogP contribution in [0.3, 0.4) is 0 Å².